The van der Waals surface area contributed by atoms with Gasteiger partial charge in [-0.3, -0.25) is 4.99 Å². The van der Waals surface area contributed by atoms with E-state index in [1.54, 1.807) is 0 Å². The summed E-state index contributed by atoms with van der Waals surface area (Å²) in [4.78, 5) is 4.31. The number of nitrogens with zero attached hydrogens (tertiary/aromatic N) is 1. The van der Waals surface area contributed by atoms with Gasteiger partial charge >= 0.3 is 0 Å². The Hall–Kier alpha value is -0.180. The Morgan fingerprint density at radius 1 is 1.73 bits per heavy atom. The lowest BCUT2D eigenvalue weighted by Gasteiger charge is -2.03. The van der Waals surface area contributed by atoms with Crippen LogP contribution in [0.3, 0.4) is 0 Å². The molecule has 1 aliphatic heterocycles. The van der Waals surface area contributed by atoms with Crippen molar-refractivity contribution in [3.63, 3.8) is 0 Å². The van der Waals surface area contributed by atoms with E-state index in [4.69, 9.17) is 5.73 Å². The van der Waals surface area contributed by atoms with E-state index in [1.165, 1.54) is 17.9 Å². The summed E-state index contributed by atoms with van der Waals surface area (Å²) in [6.45, 7) is 2.99. The molecule has 0 spiro atoms. The van der Waals surface area contributed by atoms with Gasteiger partial charge in [0, 0.05) is 13.0 Å². The zero-order chi connectivity index (χ0) is 8.10. The second kappa shape index (κ2) is 4.65. The molecule has 1 atom stereocenters. The lowest BCUT2D eigenvalue weighted by Crippen LogP contribution is -2.13. The van der Waals surface area contributed by atoms with Crippen molar-refractivity contribution in [2.24, 2.45) is 16.6 Å². The van der Waals surface area contributed by atoms with Crippen LogP contribution in [0.1, 0.15) is 19.8 Å². The molecule has 1 fully saturated rings. The predicted octanol–water partition coefficient (Wildman–Crippen LogP) is 1.51. The van der Waals surface area contributed by atoms with Crippen molar-refractivity contribution in [3.8, 4) is 0 Å². The highest BCUT2D eigenvalue weighted by Crippen LogP contribution is 2.23. The lowest BCUT2D eigenvalue weighted by molar-refractivity contribution is 0.612. The molecule has 1 heterocycles. The van der Waals surface area contributed by atoms with Crippen LogP contribution >= 0.6 is 11.8 Å². The van der Waals surface area contributed by atoms with E-state index in [9.17, 15) is 0 Å². The molecule has 0 aromatic carbocycles. The summed E-state index contributed by atoms with van der Waals surface area (Å²) >= 11 is 2.03. The molecule has 2 N–H and O–H groups in total. The fraction of sp³-hybridized carbons (Fsp3) is 0.875. The van der Waals surface area contributed by atoms with Gasteiger partial charge in [-0.05, 0) is 23.8 Å². The molecule has 0 aromatic heterocycles. The first-order valence-electron chi connectivity index (χ1n) is 4.19. The highest BCUT2D eigenvalue weighted by molar-refractivity contribution is 7.99. The van der Waals surface area contributed by atoms with Crippen molar-refractivity contribution in [2.75, 3.05) is 18.1 Å². The van der Waals surface area contributed by atoms with Gasteiger partial charge in [0.2, 0.25) is 0 Å². The van der Waals surface area contributed by atoms with Crippen LogP contribution in [0.4, 0.5) is 0 Å². The monoisotopic (exact) mass is 172 g/mol. The van der Waals surface area contributed by atoms with Gasteiger partial charge in [-0.25, -0.2) is 0 Å². The maximum Gasteiger partial charge on any atom is 0.0934 e. The Kier molecular flexibility index (Phi) is 3.77. The zero-order valence-corrected chi connectivity index (χ0v) is 7.86. The van der Waals surface area contributed by atoms with Crippen molar-refractivity contribution < 1.29 is 0 Å². The molecule has 1 rings (SSSR count). The smallest absolute Gasteiger partial charge is 0.0934 e. The summed E-state index contributed by atoms with van der Waals surface area (Å²) in [7, 11) is 0. The Morgan fingerprint density at radius 2 is 2.55 bits per heavy atom. The van der Waals surface area contributed by atoms with Crippen LogP contribution in [0, 0.1) is 5.92 Å². The van der Waals surface area contributed by atoms with E-state index in [-0.39, 0.29) is 0 Å². The number of rotatable bonds is 3. The van der Waals surface area contributed by atoms with Crippen LogP contribution in [0.25, 0.3) is 0 Å². The minimum absolute atomic E-state index is 0.796. The van der Waals surface area contributed by atoms with Crippen LogP contribution < -0.4 is 5.73 Å². The maximum absolute atomic E-state index is 5.59. The molecular weight excluding hydrogens is 156 g/mol. The molecule has 0 aliphatic carbocycles. The molecule has 0 radical (unpaired) electrons. The van der Waals surface area contributed by atoms with Crippen LogP contribution in [-0.2, 0) is 0 Å². The van der Waals surface area contributed by atoms with Crippen molar-refractivity contribution in [3.05, 3.63) is 0 Å². The predicted molar refractivity (Wildman–Crippen MR) is 52.2 cm³/mol. The lowest BCUT2D eigenvalue weighted by atomic mass is 10.1. The molecule has 0 bridgehead atoms. The van der Waals surface area contributed by atoms with Crippen molar-refractivity contribution >= 4 is 17.6 Å². The second-order valence-corrected chi connectivity index (χ2v) is 4.07. The van der Waals surface area contributed by atoms with Crippen LogP contribution in [0.5, 0.6) is 0 Å². The topological polar surface area (TPSA) is 38.4 Å². The van der Waals surface area contributed by atoms with Crippen LogP contribution in [0.15, 0.2) is 4.99 Å². The molecule has 2 nitrogen and oxygen atoms in total. The molecule has 0 aromatic rings. The number of thioether (sulfide) groups is 1. The van der Waals surface area contributed by atoms with Gasteiger partial charge in [0.05, 0.1) is 5.84 Å². The number of nitrogens with two attached hydrogens (primary N) is 1. The van der Waals surface area contributed by atoms with Gasteiger partial charge in [0.25, 0.3) is 0 Å². The van der Waals surface area contributed by atoms with Gasteiger partial charge in [-0.2, -0.15) is 11.8 Å². The normalized spacial score (nSPS) is 25.9. The van der Waals surface area contributed by atoms with Crippen molar-refractivity contribution in [1.29, 1.82) is 0 Å². The highest BCUT2D eigenvalue weighted by Gasteiger charge is 2.14. The SMILES string of the molecule is CCC(N)=NCC1CCSC1. The molecule has 3 heteroatoms. The van der Waals surface area contributed by atoms with Gasteiger partial charge in [0.1, 0.15) is 0 Å². The number of aliphatic imine (C=N–C) groups is 1. The molecule has 1 saturated heterocycles. The van der Waals surface area contributed by atoms with Gasteiger partial charge in [-0.1, -0.05) is 6.92 Å². The number of hydrogen-bond acceptors (Lipinski definition) is 2. The van der Waals surface area contributed by atoms with Crippen molar-refractivity contribution in [2.45, 2.75) is 19.8 Å². The summed E-state index contributed by atoms with van der Waals surface area (Å²) in [5, 5.41) is 0. The maximum atomic E-state index is 5.59. The molecule has 0 amide bonds. The third-order valence-electron chi connectivity index (χ3n) is 1.94. The fourth-order valence-corrected chi connectivity index (χ4v) is 2.36. The molecule has 0 saturated carbocycles. The minimum Gasteiger partial charge on any atom is -0.387 e. The first-order valence-corrected chi connectivity index (χ1v) is 5.35. The van der Waals surface area contributed by atoms with E-state index < -0.39 is 0 Å². The first-order chi connectivity index (χ1) is 5.33. The highest BCUT2D eigenvalue weighted by atomic mass is 32.2. The second-order valence-electron chi connectivity index (χ2n) is 2.92. The minimum atomic E-state index is 0.796. The van der Waals surface area contributed by atoms with Crippen molar-refractivity contribution in [1.82, 2.24) is 0 Å². The average molecular weight is 172 g/mol. The third-order valence-corrected chi connectivity index (χ3v) is 3.17. The van der Waals surface area contributed by atoms with Crippen LogP contribution in [0.2, 0.25) is 0 Å². The van der Waals surface area contributed by atoms with E-state index >= 15 is 0 Å². The Bertz CT molecular complexity index is 139. The third kappa shape index (κ3) is 3.14. The Balaban J connectivity index is 2.19. The van der Waals surface area contributed by atoms with Gasteiger partial charge in [0.15, 0.2) is 0 Å². The standard InChI is InChI=1S/C8H16N2S/c1-2-8(9)10-5-7-3-4-11-6-7/h7H,2-6H2,1H3,(H2,9,10). The summed E-state index contributed by atoms with van der Waals surface area (Å²) < 4.78 is 0. The Morgan fingerprint density at radius 3 is 3.09 bits per heavy atom. The van der Waals surface area contributed by atoms with E-state index in [2.05, 4.69) is 4.99 Å². The molecule has 1 aliphatic rings. The fourth-order valence-electron chi connectivity index (χ4n) is 1.09. The van der Waals surface area contributed by atoms with E-state index in [0.29, 0.717) is 0 Å². The molecule has 1 unspecified atom stereocenters. The Labute approximate surface area is 72.6 Å². The number of amidine groups is 1. The zero-order valence-electron chi connectivity index (χ0n) is 7.05. The summed E-state index contributed by atoms with van der Waals surface area (Å²) in [5.41, 5.74) is 5.59. The van der Waals surface area contributed by atoms with E-state index in [0.717, 1.165) is 24.7 Å². The number of hydrogen-bond donors (Lipinski definition) is 1. The summed E-state index contributed by atoms with van der Waals surface area (Å²) in [6.07, 6.45) is 2.21. The van der Waals surface area contributed by atoms with Gasteiger partial charge < -0.3 is 5.73 Å². The quantitative estimate of drug-likeness (QED) is 0.517. The van der Waals surface area contributed by atoms with Gasteiger partial charge in [-0.15, -0.1) is 0 Å². The largest absolute Gasteiger partial charge is 0.387 e. The summed E-state index contributed by atoms with van der Waals surface area (Å²) in [5.74, 6) is 4.19. The first kappa shape index (κ1) is 8.91. The van der Waals surface area contributed by atoms with E-state index in [1.807, 2.05) is 18.7 Å². The average Bonchev–Trinajstić information content (AvgIpc) is 2.52. The molecule has 64 valence electrons. The van der Waals surface area contributed by atoms with Crippen LogP contribution in [-0.4, -0.2) is 23.9 Å². The summed E-state index contributed by atoms with van der Waals surface area (Å²) in [6, 6.07) is 0. The molecule has 11 heavy (non-hydrogen) atoms. The molecular formula is C8H16N2S.